The number of carbonyl (C=O) groups is 2. The molecule has 3 aromatic rings. The minimum Gasteiger partial charge on any atom is -0.497 e. The Labute approximate surface area is 192 Å². The number of hydrogen-bond acceptors (Lipinski definition) is 6. The van der Waals surface area contributed by atoms with Crippen molar-refractivity contribution in [2.75, 3.05) is 26.2 Å². The second-order valence-corrected chi connectivity index (χ2v) is 7.30. The van der Waals surface area contributed by atoms with Gasteiger partial charge in [0.15, 0.2) is 12.3 Å². The molecule has 0 bridgehead atoms. The lowest BCUT2D eigenvalue weighted by Gasteiger charge is -2.31. The topological polar surface area (TPSA) is 71.6 Å². The standard InChI is InChI=1S/C25H25N3O5/c1-31-21-16-14-20(15-17-21)26-22(18-10-6-4-7-11-18)27(24(29)32-2)28(25(30)33-3)23(26)19-12-8-5-9-13-19/h4-17,22-23H,1-3H3/t22-,23-/m0/s1. The molecule has 0 spiro atoms. The molecule has 2 atom stereocenters. The molecule has 0 aliphatic carbocycles. The molecule has 0 N–H and O–H groups in total. The second kappa shape index (κ2) is 9.52. The number of rotatable bonds is 4. The number of hydrogen-bond donors (Lipinski definition) is 0. The third-order valence-electron chi connectivity index (χ3n) is 5.51. The summed E-state index contributed by atoms with van der Waals surface area (Å²) in [5, 5.41) is 2.59. The van der Waals surface area contributed by atoms with Crippen LogP contribution in [0.4, 0.5) is 15.3 Å². The number of ether oxygens (including phenoxy) is 3. The third-order valence-corrected chi connectivity index (χ3v) is 5.51. The lowest BCUT2D eigenvalue weighted by molar-refractivity contribution is -0.0129. The number of anilines is 1. The van der Waals surface area contributed by atoms with Gasteiger partial charge in [-0.05, 0) is 35.4 Å². The van der Waals surface area contributed by atoms with Crippen molar-refractivity contribution in [3.63, 3.8) is 0 Å². The van der Waals surface area contributed by atoms with E-state index in [2.05, 4.69) is 0 Å². The first-order valence-electron chi connectivity index (χ1n) is 10.4. The molecule has 1 fully saturated rings. The highest BCUT2D eigenvalue weighted by Crippen LogP contribution is 2.47. The van der Waals surface area contributed by atoms with E-state index in [4.69, 9.17) is 14.2 Å². The lowest BCUT2D eigenvalue weighted by atomic mass is 10.1. The molecule has 1 aliphatic heterocycles. The Hall–Kier alpha value is -4.20. The molecule has 8 heteroatoms. The van der Waals surface area contributed by atoms with Crippen molar-refractivity contribution in [1.29, 1.82) is 0 Å². The van der Waals surface area contributed by atoms with Crippen molar-refractivity contribution in [1.82, 2.24) is 10.0 Å². The first kappa shape index (κ1) is 22.0. The first-order valence-corrected chi connectivity index (χ1v) is 10.4. The number of amides is 2. The van der Waals surface area contributed by atoms with Crippen molar-refractivity contribution in [3.8, 4) is 5.75 Å². The quantitative estimate of drug-likeness (QED) is 0.563. The molecule has 3 aromatic carbocycles. The van der Waals surface area contributed by atoms with E-state index in [9.17, 15) is 9.59 Å². The summed E-state index contributed by atoms with van der Waals surface area (Å²) in [6.45, 7) is 0. The minimum atomic E-state index is -0.689. The second-order valence-electron chi connectivity index (χ2n) is 7.30. The van der Waals surface area contributed by atoms with Gasteiger partial charge in [0.25, 0.3) is 0 Å². The van der Waals surface area contributed by atoms with Crippen LogP contribution in [0.2, 0.25) is 0 Å². The van der Waals surface area contributed by atoms with E-state index < -0.39 is 24.5 Å². The van der Waals surface area contributed by atoms with Gasteiger partial charge in [-0.15, -0.1) is 0 Å². The van der Waals surface area contributed by atoms with Gasteiger partial charge in [0.05, 0.1) is 21.3 Å². The molecule has 8 nitrogen and oxygen atoms in total. The highest BCUT2D eigenvalue weighted by molar-refractivity contribution is 5.78. The Balaban J connectivity index is 1.98. The van der Waals surface area contributed by atoms with Gasteiger partial charge in [0.2, 0.25) is 0 Å². The zero-order valence-corrected chi connectivity index (χ0v) is 18.6. The summed E-state index contributed by atoms with van der Waals surface area (Å²) in [6.07, 6.45) is -2.75. The number of benzene rings is 3. The fourth-order valence-electron chi connectivity index (χ4n) is 4.06. The van der Waals surface area contributed by atoms with Gasteiger partial charge in [-0.3, -0.25) is 0 Å². The molecule has 1 saturated heterocycles. The molecule has 0 radical (unpaired) electrons. The number of hydrazine groups is 1. The van der Waals surface area contributed by atoms with Gasteiger partial charge >= 0.3 is 12.2 Å². The normalized spacial score (nSPS) is 17.6. The molecule has 0 aromatic heterocycles. The molecule has 0 saturated carbocycles. The van der Waals surface area contributed by atoms with Crippen molar-refractivity contribution in [2.45, 2.75) is 12.3 Å². The summed E-state index contributed by atoms with van der Waals surface area (Å²) in [7, 11) is 4.17. The van der Waals surface area contributed by atoms with Crippen LogP contribution in [0.25, 0.3) is 0 Å². The van der Waals surface area contributed by atoms with Gasteiger partial charge < -0.3 is 19.1 Å². The van der Waals surface area contributed by atoms with Crippen molar-refractivity contribution < 1.29 is 23.8 Å². The maximum atomic E-state index is 13.1. The zero-order valence-electron chi connectivity index (χ0n) is 18.6. The predicted molar refractivity (Wildman–Crippen MR) is 122 cm³/mol. The van der Waals surface area contributed by atoms with E-state index in [0.29, 0.717) is 5.75 Å². The Morgan fingerprint density at radius 3 is 1.42 bits per heavy atom. The average molecular weight is 447 g/mol. The number of nitrogens with zero attached hydrogens (tertiary/aromatic N) is 3. The Bertz CT molecular complexity index is 1030. The maximum Gasteiger partial charge on any atom is 0.431 e. The summed E-state index contributed by atoms with van der Waals surface area (Å²) < 4.78 is 15.5. The molecule has 1 aliphatic rings. The maximum absolute atomic E-state index is 13.1. The van der Waals surface area contributed by atoms with Crippen LogP contribution in [-0.4, -0.2) is 43.5 Å². The summed E-state index contributed by atoms with van der Waals surface area (Å²) in [6, 6.07) is 26.4. The smallest absolute Gasteiger partial charge is 0.431 e. The summed E-state index contributed by atoms with van der Waals surface area (Å²) >= 11 is 0. The predicted octanol–water partition coefficient (Wildman–Crippen LogP) is 4.96. The van der Waals surface area contributed by atoms with E-state index in [-0.39, 0.29) is 0 Å². The Morgan fingerprint density at radius 2 is 1.06 bits per heavy atom. The molecular weight excluding hydrogens is 422 g/mol. The summed E-state index contributed by atoms with van der Waals surface area (Å²) in [4.78, 5) is 28.2. The van der Waals surface area contributed by atoms with Crippen LogP contribution in [0.5, 0.6) is 5.75 Å². The fraction of sp³-hybridized carbons (Fsp3) is 0.200. The van der Waals surface area contributed by atoms with E-state index in [1.165, 1.54) is 24.2 Å². The molecule has 0 unspecified atom stereocenters. The summed E-state index contributed by atoms with van der Waals surface area (Å²) in [5.74, 6) is 0.695. The zero-order chi connectivity index (χ0) is 23.4. The minimum absolute atomic E-state index is 0.684. The average Bonchev–Trinajstić information content (AvgIpc) is 3.25. The fourth-order valence-corrected chi connectivity index (χ4v) is 4.06. The molecule has 33 heavy (non-hydrogen) atoms. The highest BCUT2D eigenvalue weighted by atomic mass is 16.6. The van der Waals surface area contributed by atoms with E-state index in [1.54, 1.807) is 7.11 Å². The van der Waals surface area contributed by atoms with Crippen molar-refractivity contribution in [3.05, 3.63) is 96.1 Å². The Kier molecular flexibility index (Phi) is 6.35. The monoisotopic (exact) mass is 447 g/mol. The van der Waals surface area contributed by atoms with E-state index in [1.807, 2.05) is 89.8 Å². The van der Waals surface area contributed by atoms with Gasteiger partial charge in [-0.2, -0.15) is 10.0 Å². The van der Waals surface area contributed by atoms with Crippen molar-refractivity contribution in [2.24, 2.45) is 0 Å². The SMILES string of the molecule is COC(=O)N1[C@@H](c2ccccc2)N(c2ccc(OC)cc2)[C@H](c2ccccc2)N1C(=O)OC. The third kappa shape index (κ3) is 4.03. The number of carbonyl (C=O) groups excluding carboxylic acids is 2. The van der Waals surface area contributed by atoms with Crippen molar-refractivity contribution >= 4 is 17.9 Å². The Morgan fingerprint density at radius 1 is 0.636 bits per heavy atom. The molecule has 4 rings (SSSR count). The molecule has 170 valence electrons. The van der Waals surface area contributed by atoms with Crippen LogP contribution in [0.3, 0.4) is 0 Å². The van der Waals surface area contributed by atoms with Gasteiger partial charge in [0, 0.05) is 5.69 Å². The molecule has 2 amide bonds. The summed E-state index contributed by atoms with van der Waals surface area (Å²) in [5.41, 5.74) is 2.37. The highest BCUT2D eigenvalue weighted by Gasteiger charge is 2.53. The van der Waals surface area contributed by atoms with Crippen LogP contribution in [-0.2, 0) is 9.47 Å². The van der Waals surface area contributed by atoms with Gasteiger partial charge in [0.1, 0.15) is 5.75 Å². The van der Waals surface area contributed by atoms with Crippen LogP contribution in [0.1, 0.15) is 23.5 Å². The van der Waals surface area contributed by atoms with E-state index in [0.717, 1.165) is 16.8 Å². The first-order chi connectivity index (χ1) is 16.1. The number of methoxy groups -OCH3 is 3. The van der Waals surface area contributed by atoms with Gasteiger partial charge in [-0.1, -0.05) is 60.7 Å². The lowest BCUT2D eigenvalue weighted by Crippen LogP contribution is -2.46. The largest absolute Gasteiger partial charge is 0.497 e. The van der Waals surface area contributed by atoms with Crippen LogP contribution in [0, 0.1) is 0 Å². The van der Waals surface area contributed by atoms with Crippen LogP contribution in [0.15, 0.2) is 84.9 Å². The molecule has 1 heterocycles. The molecular formula is C25H25N3O5. The van der Waals surface area contributed by atoms with E-state index >= 15 is 0 Å². The van der Waals surface area contributed by atoms with Crippen LogP contribution >= 0.6 is 0 Å². The van der Waals surface area contributed by atoms with Gasteiger partial charge in [-0.25, -0.2) is 9.59 Å². The van der Waals surface area contributed by atoms with Crippen LogP contribution < -0.4 is 9.64 Å².